The van der Waals surface area contributed by atoms with E-state index >= 15 is 0 Å². The van der Waals surface area contributed by atoms with Crippen molar-refractivity contribution < 1.29 is 26.6 Å². The standard InChI is InChI=1S/C25H38NO2.ClH/c1-20(2)24(25(3,4)5)22-13-15-23(16-14-22)27-17-18-28-26(6,7)19-21-11-9-8-10-12-21;/h8-16,20,24H,17-19H2,1-7H3;1H/q+1;/p-1. The van der Waals surface area contributed by atoms with E-state index in [1.165, 1.54) is 11.1 Å². The molecule has 0 aliphatic carbocycles. The molecule has 0 fully saturated rings. The molecule has 0 bridgehead atoms. The van der Waals surface area contributed by atoms with Gasteiger partial charge in [-0.25, -0.2) is 0 Å². The third-order valence-electron chi connectivity index (χ3n) is 5.04. The Balaban J connectivity index is 0.00000420. The van der Waals surface area contributed by atoms with Crippen LogP contribution in [0.15, 0.2) is 54.6 Å². The molecule has 0 spiro atoms. The normalized spacial score (nSPS) is 13.1. The van der Waals surface area contributed by atoms with Crippen LogP contribution in [0.1, 0.15) is 51.7 Å². The molecule has 0 aliphatic rings. The zero-order valence-corrected chi connectivity index (χ0v) is 19.9. The number of rotatable bonds is 9. The van der Waals surface area contributed by atoms with Gasteiger partial charge in [0.1, 0.15) is 25.5 Å². The van der Waals surface area contributed by atoms with Gasteiger partial charge in [-0.05, 0) is 34.9 Å². The lowest BCUT2D eigenvalue weighted by molar-refractivity contribution is -1.09. The Morgan fingerprint density at radius 1 is 0.862 bits per heavy atom. The minimum Gasteiger partial charge on any atom is -1.00 e. The molecule has 162 valence electrons. The predicted octanol–water partition coefficient (Wildman–Crippen LogP) is 3.06. The molecule has 29 heavy (non-hydrogen) atoms. The molecule has 1 atom stereocenters. The molecular weight excluding hydrogens is 382 g/mol. The van der Waals surface area contributed by atoms with Gasteiger partial charge in [-0.2, -0.15) is 9.48 Å². The monoisotopic (exact) mass is 419 g/mol. The van der Waals surface area contributed by atoms with Gasteiger partial charge < -0.3 is 17.1 Å². The van der Waals surface area contributed by atoms with Crippen LogP contribution < -0.4 is 17.1 Å². The molecule has 0 aromatic heterocycles. The molecule has 2 rings (SSSR count). The SMILES string of the molecule is CC(C)C(c1ccc(OCCO[N+](C)(C)Cc2ccccc2)cc1)C(C)(C)C.[Cl-]. The highest BCUT2D eigenvalue weighted by Crippen LogP contribution is 2.40. The number of hydrogen-bond donors (Lipinski definition) is 0. The van der Waals surface area contributed by atoms with Crippen LogP contribution in [0.5, 0.6) is 5.75 Å². The second-order valence-electron chi connectivity index (χ2n) is 9.56. The summed E-state index contributed by atoms with van der Waals surface area (Å²) in [7, 11) is 4.14. The predicted molar refractivity (Wildman–Crippen MR) is 117 cm³/mol. The van der Waals surface area contributed by atoms with Gasteiger partial charge in [0.25, 0.3) is 0 Å². The lowest BCUT2D eigenvalue weighted by Crippen LogP contribution is -3.00. The van der Waals surface area contributed by atoms with E-state index in [1.54, 1.807) is 0 Å². The topological polar surface area (TPSA) is 18.5 Å². The van der Waals surface area contributed by atoms with Gasteiger partial charge >= 0.3 is 0 Å². The average Bonchev–Trinajstić information content (AvgIpc) is 2.59. The van der Waals surface area contributed by atoms with Crippen LogP contribution in [0.3, 0.4) is 0 Å². The summed E-state index contributed by atoms with van der Waals surface area (Å²) in [4.78, 5) is 6.01. The van der Waals surface area contributed by atoms with Crippen molar-refractivity contribution in [2.45, 2.75) is 47.1 Å². The maximum absolute atomic E-state index is 6.01. The van der Waals surface area contributed by atoms with Crippen molar-refractivity contribution in [2.24, 2.45) is 11.3 Å². The van der Waals surface area contributed by atoms with Crippen molar-refractivity contribution in [3.63, 3.8) is 0 Å². The van der Waals surface area contributed by atoms with E-state index in [0.29, 0.717) is 29.7 Å². The van der Waals surface area contributed by atoms with Crippen molar-refractivity contribution in [1.29, 1.82) is 0 Å². The van der Waals surface area contributed by atoms with E-state index in [2.05, 4.69) is 97.2 Å². The van der Waals surface area contributed by atoms with Crippen LogP contribution in [-0.2, 0) is 11.4 Å². The Morgan fingerprint density at radius 3 is 1.97 bits per heavy atom. The fourth-order valence-corrected chi connectivity index (χ4v) is 4.17. The number of hydroxylamine groups is 3. The highest BCUT2D eigenvalue weighted by Gasteiger charge is 2.28. The van der Waals surface area contributed by atoms with E-state index < -0.39 is 0 Å². The molecule has 0 heterocycles. The Hall–Kier alpha value is -1.55. The molecule has 0 saturated heterocycles. The van der Waals surface area contributed by atoms with Crippen molar-refractivity contribution in [2.75, 3.05) is 27.3 Å². The van der Waals surface area contributed by atoms with E-state index in [9.17, 15) is 0 Å². The molecule has 0 radical (unpaired) electrons. The highest BCUT2D eigenvalue weighted by molar-refractivity contribution is 5.30. The lowest BCUT2D eigenvalue weighted by Gasteiger charge is -2.34. The van der Waals surface area contributed by atoms with Gasteiger partial charge in [-0.15, -0.1) is 0 Å². The van der Waals surface area contributed by atoms with Crippen LogP contribution in [0.4, 0.5) is 0 Å². The minimum absolute atomic E-state index is 0. The van der Waals surface area contributed by atoms with Crippen molar-refractivity contribution >= 4 is 0 Å². The largest absolute Gasteiger partial charge is 1.00 e. The van der Waals surface area contributed by atoms with E-state index in [-0.39, 0.29) is 17.8 Å². The molecule has 1 unspecified atom stereocenters. The number of ether oxygens (including phenoxy) is 1. The Labute approximate surface area is 184 Å². The fourth-order valence-electron chi connectivity index (χ4n) is 4.17. The number of halogens is 1. The number of benzene rings is 2. The number of hydrogen-bond acceptors (Lipinski definition) is 2. The molecule has 2 aromatic rings. The quantitative estimate of drug-likeness (QED) is 0.353. The summed E-state index contributed by atoms with van der Waals surface area (Å²) < 4.78 is 6.38. The molecule has 0 amide bonds. The van der Waals surface area contributed by atoms with Crippen LogP contribution in [0.25, 0.3) is 0 Å². The third-order valence-corrected chi connectivity index (χ3v) is 5.04. The van der Waals surface area contributed by atoms with Crippen LogP contribution in [0, 0.1) is 11.3 Å². The van der Waals surface area contributed by atoms with Gasteiger partial charge in [-0.1, -0.05) is 77.1 Å². The van der Waals surface area contributed by atoms with Crippen molar-refractivity contribution in [3.05, 3.63) is 65.7 Å². The van der Waals surface area contributed by atoms with Gasteiger partial charge in [0.15, 0.2) is 0 Å². The van der Waals surface area contributed by atoms with Crippen LogP contribution >= 0.6 is 0 Å². The van der Waals surface area contributed by atoms with Gasteiger partial charge in [0, 0.05) is 5.56 Å². The molecule has 2 aromatic carbocycles. The zero-order valence-electron chi connectivity index (χ0n) is 19.1. The molecule has 4 heteroatoms. The first-order valence-corrected chi connectivity index (χ1v) is 10.3. The third kappa shape index (κ3) is 8.38. The second-order valence-corrected chi connectivity index (χ2v) is 9.56. The first kappa shape index (κ1) is 25.5. The van der Waals surface area contributed by atoms with Crippen LogP contribution in [-0.4, -0.2) is 32.0 Å². The summed E-state index contributed by atoms with van der Waals surface area (Å²) in [6.45, 7) is 13.5. The zero-order chi connectivity index (χ0) is 20.8. The molecule has 3 nitrogen and oxygen atoms in total. The smallest absolute Gasteiger partial charge is 0.140 e. The number of nitrogens with zero attached hydrogens (tertiary/aromatic N) is 1. The van der Waals surface area contributed by atoms with Gasteiger partial charge in [0.05, 0.1) is 14.1 Å². The molecular formula is C25H38ClNO2. The molecule has 0 saturated carbocycles. The van der Waals surface area contributed by atoms with Gasteiger partial charge in [-0.3, -0.25) is 0 Å². The summed E-state index contributed by atoms with van der Waals surface area (Å²) >= 11 is 0. The summed E-state index contributed by atoms with van der Waals surface area (Å²) in [5.74, 6) is 2.03. The maximum Gasteiger partial charge on any atom is 0.140 e. The maximum atomic E-state index is 6.01. The van der Waals surface area contributed by atoms with E-state index in [4.69, 9.17) is 9.57 Å². The Bertz CT molecular complexity index is 706. The summed E-state index contributed by atoms with van der Waals surface area (Å²) in [5, 5.41) is 0. The summed E-state index contributed by atoms with van der Waals surface area (Å²) in [5.41, 5.74) is 2.89. The average molecular weight is 420 g/mol. The van der Waals surface area contributed by atoms with Crippen LogP contribution in [0.2, 0.25) is 0 Å². The molecule has 0 N–H and O–H groups in total. The van der Waals surface area contributed by atoms with Crippen molar-refractivity contribution in [1.82, 2.24) is 0 Å². The highest BCUT2D eigenvalue weighted by atomic mass is 35.5. The van der Waals surface area contributed by atoms with Gasteiger partial charge in [0.2, 0.25) is 0 Å². The Kier molecular flexibility index (Phi) is 9.67. The Morgan fingerprint density at radius 2 is 1.45 bits per heavy atom. The second kappa shape index (κ2) is 11.0. The van der Waals surface area contributed by atoms with E-state index in [0.717, 1.165) is 12.3 Å². The summed E-state index contributed by atoms with van der Waals surface area (Å²) in [6, 6.07) is 19.0. The van der Waals surface area contributed by atoms with Crippen molar-refractivity contribution in [3.8, 4) is 5.75 Å². The lowest BCUT2D eigenvalue weighted by atomic mass is 9.70. The fraction of sp³-hybridized carbons (Fsp3) is 0.520. The van der Waals surface area contributed by atoms with E-state index in [1.807, 2.05) is 6.07 Å². The first-order chi connectivity index (χ1) is 13.1. The molecule has 0 aliphatic heterocycles. The first-order valence-electron chi connectivity index (χ1n) is 10.3. The summed E-state index contributed by atoms with van der Waals surface area (Å²) in [6.07, 6.45) is 0. The minimum atomic E-state index is 0. The number of quaternary nitrogens is 1.